The van der Waals surface area contributed by atoms with Crippen molar-refractivity contribution < 1.29 is 18.7 Å². The van der Waals surface area contributed by atoms with E-state index < -0.39 is 12.4 Å². The highest BCUT2D eigenvalue weighted by Gasteiger charge is 2.21. The minimum absolute atomic E-state index is 0.00714. The maximum Gasteiger partial charge on any atom is 0.307 e. The van der Waals surface area contributed by atoms with Crippen LogP contribution >= 0.6 is 27.5 Å². The first kappa shape index (κ1) is 13.3. The number of carboxylic acid groups (broad SMARTS) is 1. The molecular formula is C9H7BrClF2NO2. The highest BCUT2D eigenvalue weighted by Crippen LogP contribution is 2.32. The molecule has 1 aromatic rings. The summed E-state index contributed by atoms with van der Waals surface area (Å²) in [6, 6.07) is 0. The number of hydrogen-bond donors (Lipinski definition) is 1. The van der Waals surface area contributed by atoms with Gasteiger partial charge in [0, 0.05) is 12.1 Å². The third-order valence-corrected chi connectivity index (χ3v) is 2.86. The van der Waals surface area contributed by atoms with E-state index >= 15 is 0 Å². The second kappa shape index (κ2) is 5.54. The molecular weight excluding hydrogens is 307 g/mol. The molecule has 0 aromatic carbocycles. The fourth-order valence-electron chi connectivity index (χ4n) is 1.27. The molecule has 16 heavy (non-hydrogen) atoms. The molecule has 7 heteroatoms. The van der Waals surface area contributed by atoms with Gasteiger partial charge in [-0.3, -0.25) is 4.79 Å². The largest absolute Gasteiger partial charge is 0.481 e. The Labute approximate surface area is 104 Å². The summed E-state index contributed by atoms with van der Waals surface area (Å²) in [6.45, 7) is 0. The first-order chi connectivity index (χ1) is 7.47. The Balaban J connectivity index is 3.30. The summed E-state index contributed by atoms with van der Waals surface area (Å²) in [5, 5.41) is 8.62. The topological polar surface area (TPSA) is 50.2 Å². The number of aromatic nitrogens is 1. The van der Waals surface area contributed by atoms with Gasteiger partial charge in [-0.05, 0) is 27.1 Å². The molecule has 0 saturated carbocycles. The fraction of sp³-hybridized carbons (Fsp3) is 0.333. The van der Waals surface area contributed by atoms with Gasteiger partial charge in [0.2, 0.25) is 0 Å². The van der Waals surface area contributed by atoms with Crippen molar-refractivity contribution in [2.45, 2.75) is 18.7 Å². The maximum atomic E-state index is 12.7. The molecule has 0 unspecified atom stereocenters. The molecule has 1 N–H and O–H groups in total. The molecule has 0 atom stereocenters. The molecule has 1 aromatic heterocycles. The number of nitrogens with zero attached hydrogens (tertiary/aromatic N) is 1. The monoisotopic (exact) mass is 313 g/mol. The van der Waals surface area contributed by atoms with E-state index in [4.69, 9.17) is 16.7 Å². The summed E-state index contributed by atoms with van der Waals surface area (Å²) >= 11 is 8.45. The summed E-state index contributed by atoms with van der Waals surface area (Å²) in [5.74, 6) is -1.29. The molecule has 3 nitrogen and oxygen atoms in total. The number of hydrogen-bond acceptors (Lipinski definition) is 2. The zero-order valence-electron chi connectivity index (χ0n) is 7.88. The van der Waals surface area contributed by atoms with Crippen molar-refractivity contribution in [2.75, 3.05) is 0 Å². The SMILES string of the molecule is O=C(O)Cc1cnc(Br)c(C(F)F)c1CCl. The number of carbonyl (C=O) groups is 1. The summed E-state index contributed by atoms with van der Waals surface area (Å²) in [7, 11) is 0. The molecule has 0 aliphatic rings. The van der Waals surface area contributed by atoms with Crippen molar-refractivity contribution in [3.05, 3.63) is 27.5 Å². The number of pyridine rings is 1. The molecule has 0 amide bonds. The van der Waals surface area contributed by atoms with Crippen molar-refractivity contribution in [1.82, 2.24) is 4.98 Å². The Hall–Kier alpha value is -0.750. The summed E-state index contributed by atoms with van der Waals surface area (Å²) in [5.41, 5.74) is -0.00399. The zero-order chi connectivity index (χ0) is 12.3. The Morgan fingerprint density at radius 2 is 2.25 bits per heavy atom. The van der Waals surface area contributed by atoms with Gasteiger partial charge in [-0.1, -0.05) is 0 Å². The number of aliphatic carboxylic acids is 1. The first-order valence-electron chi connectivity index (χ1n) is 4.19. The van der Waals surface area contributed by atoms with E-state index in [-0.39, 0.29) is 33.6 Å². The molecule has 0 aliphatic carbocycles. The second-order valence-corrected chi connectivity index (χ2v) is 3.99. The van der Waals surface area contributed by atoms with Crippen LogP contribution in [0.3, 0.4) is 0 Å². The van der Waals surface area contributed by atoms with Crippen LogP contribution in [-0.2, 0) is 17.1 Å². The van der Waals surface area contributed by atoms with Gasteiger partial charge < -0.3 is 5.11 Å². The van der Waals surface area contributed by atoms with Crippen LogP contribution in [0.4, 0.5) is 8.78 Å². The first-order valence-corrected chi connectivity index (χ1v) is 5.52. The van der Waals surface area contributed by atoms with Gasteiger partial charge >= 0.3 is 5.97 Å². The van der Waals surface area contributed by atoms with Crippen LogP contribution in [-0.4, -0.2) is 16.1 Å². The predicted octanol–water partition coefficient (Wildman–Crippen LogP) is 3.15. The third-order valence-electron chi connectivity index (χ3n) is 1.96. The minimum atomic E-state index is -2.75. The lowest BCUT2D eigenvalue weighted by Gasteiger charge is -2.12. The van der Waals surface area contributed by atoms with Crippen LogP contribution in [0.15, 0.2) is 10.8 Å². The van der Waals surface area contributed by atoms with Crippen molar-refractivity contribution >= 4 is 33.5 Å². The van der Waals surface area contributed by atoms with E-state index in [9.17, 15) is 13.6 Å². The number of halogens is 4. The molecule has 0 radical (unpaired) electrons. The third kappa shape index (κ3) is 2.89. The van der Waals surface area contributed by atoms with Crippen LogP contribution in [0, 0.1) is 0 Å². The van der Waals surface area contributed by atoms with Crippen LogP contribution in [0.1, 0.15) is 23.1 Å². The lowest BCUT2D eigenvalue weighted by atomic mass is 10.0. The summed E-state index contributed by atoms with van der Waals surface area (Å²) < 4.78 is 25.4. The van der Waals surface area contributed by atoms with Gasteiger partial charge in [-0.25, -0.2) is 13.8 Å². The van der Waals surface area contributed by atoms with Crippen molar-refractivity contribution in [3.8, 4) is 0 Å². The molecule has 0 bridgehead atoms. The van der Waals surface area contributed by atoms with Crippen LogP contribution in [0.25, 0.3) is 0 Å². The smallest absolute Gasteiger partial charge is 0.307 e. The second-order valence-electron chi connectivity index (χ2n) is 2.97. The van der Waals surface area contributed by atoms with E-state index in [1.54, 1.807) is 0 Å². The van der Waals surface area contributed by atoms with E-state index in [1.165, 1.54) is 6.20 Å². The lowest BCUT2D eigenvalue weighted by Crippen LogP contribution is -2.07. The van der Waals surface area contributed by atoms with Gasteiger partial charge in [-0.2, -0.15) is 0 Å². The predicted molar refractivity (Wildman–Crippen MR) is 57.8 cm³/mol. The molecule has 0 saturated heterocycles. The Morgan fingerprint density at radius 1 is 1.62 bits per heavy atom. The lowest BCUT2D eigenvalue weighted by molar-refractivity contribution is -0.136. The summed E-state index contributed by atoms with van der Waals surface area (Å²) in [6.07, 6.45) is -1.88. The number of rotatable bonds is 4. The molecule has 0 spiro atoms. The van der Waals surface area contributed by atoms with E-state index in [0.29, 0.717) is 0 Å². The van der Waals surface area contributed by atoms with Gasteiger partial charge in [0.15, 0.2) is 0 Å². The highest BCUT2D eigenvalue weighted by atomic mass is 79.9. The average Bonchev–Trinajstić information content (AvgIpc) is 2.18. The zero-order valence-corrected chi connectivity index (χ0v) is 10.2. The quantitative estimate of drug-likeness (QED) is 0.686. The van der Waals surface area contributed by atoms with E-state index in [1.807, 2.05) is 0 Å². The summed E-state index contributed by atoms with van der Waals surface area (Å²) in [4.78, 5) is 14.2. The van der Waals surface area contributed by atoms with Crippen molar-refractivity contribution in [3.63, 3.8) is 0 Å². The van der Waals surface area contributed by atoms with Crippen LogP contribution < -0.4 is 0 Å². The highest BCUT2D eigenvalue weighted by molar-refractivity contribution is 9.10. The Kier molecular flexibility index (Phi) is 4.61. The van der Waals surface area contributed by atoms with E-state index in [0.717, 1.165) is 0 Å². The maximum absolute atomic E-state index is 12.7. The van der Waals surface area contributed by atoms with Gasteiger partial charge in [0.05, 0.1) is 12.0 Å². The van der Waals surface area contributed by atoms with Gasteiger partial charge in [-0.15, -0.1) is 11.6 Å². The molecule has 0 fully saturated rings. The van der Waals surface area contributed by atoms with Gasteiger partial charge in [0.1, 0.15) is 4.60 Å². The minimum Gasteiger partial charge on any atom is -0.481 e. The molecule has 0 aliphatic heterocycles. The average molecular weight is 315 g/mol. The van der Waals surface area contributed by atoms with Crippen molar-refractivity contribution in [1.29, 1.82) is 0 Å². The Morgan fingerprint density at radius 3 is 2.69 bits per heavy atom. The van der Waals surface area contributed by atoms with Crippen LogP contribution in [0.2, 0.25) is 0 Å². The molecule has 88 valence electrons. The Bertz CT molecular complexity index is 415. The fourth-order valence-corrected chi connectivity index (χ4v) is 2.10. The standard InChI is InChI=1S/C9H7BrClF2NO2/c10-8-7(9(12)13)5(2-11)4(3-14-8)1-6(15)16/h3,9H,1-2H2,(H,15,16). The van der Waals surface area contributed by atoms with Gasteiger partial charge in [0.25, 0.3) is 6.43 Å². The normalized spacial score (nSPS) is 10.8. The number of carboxylic acids is 1. The molecule has 1 heterocycles. The number of alkyl halides is 3. The van der Waals surface area contributed by atoms with Crippen molar-refractivity contribution in [2.24, 2.45) is 0 Å². The molecule has 1 rings (SSSR count). The van der Waals surface area contributed by atoms with Crippen LogP contribution in [0.5, 0.6) is 0 Å². The van der Waals surface area contributed by atoms with E-state index in [2.05, 4.69) is 20.9 Å².